The lowest BCUT2D eigenvalue weighted by Gasteiger charge is -2.13. The highest BCUT2D eigenvalue weighted by Crippen LogP contribution is 2.19. The minimum Gasteiger partial charge on any atom is -0.465 e. The van der Waals surface area contributed by atoms with E-state index in [-0.39, 0.29) is 22.9 Å². The Kier molecular flexibility index (Phi) is 5.71. The number of esters is 2. The van der Waals surface area contributed by atoms with Gasteiger partial charge in [0, 0.05) is 6.04 Å². The number of hydrogen-bond donors (Lipinski definition) is 2. The molecular formula is C14H18N2O5. The second-order valence-corrected chi connectivity index (χ2v) is 4.50. The molecule has 114 valence electrons. The molecule has 0 aliphatic carbocycles. The van der Waals surface area contributed by atoms with E-state index in [9.17, 15) is 14.4 Å². The van der Waals surface area contributed by atoms with Crippen LogP contribution in [-0.2, 0) is 9.47 Å². The molecule has 7 heteroatoms. The molecule has 1 rings (SSSR count). The van der Waals surface area contributed by atoms with Crippen LogP contribution in [0.5, 0.6) is 0 Å². The molecule has 0 fully saturated rings. The maximum atomic E-state index is 11.7. The molecule has 0 heterocycles. The highest BCUT2D eigenvalue weighted by molar-refractivity contribution is 6.03. The van der Waals surface area contributed by atoms with Gasteiger partial charge < -0.3 is 20.1 Å². The molecule has 0 aromatic heterocycles. The zero-order chi connectivity index (χ0) is 16.0. The highest BCUT2D eigenvalue weighted by Gasteiger charge is 2.17. The third kappa shape index (κ3) is 4.48. The van der Waals surface area contributed by atoms with Crippen LogP contribution in [-0.4, -0.2) is 38.2 Å². The largest absolute Gasteiger partial charge is 0.465 e. The summed E-state index contributed by atoms with van der Waals surface area (Å²) in [5.74, 6) is -1.19. The fourth-order valence-corrected chi connectivity index (χ4v) is 1.60. The number of ether oxygens (including phenoxy) is 2. The molecule has 0 saturated carbocycles. The van der Waals surface area contributed by atoms with Gasteiger partial charge in [-0.1, -0.05) is 0 Å². The number of methoxy groups -OCH3 is 2. The number of hydrogen-bond acceptors (Lipinski definition) is 5. The maximum Gasteiger partial charge on any atom is 0.339 e. The van der Waals surface area contributed by atoms with E-state index in [0.29, 0.717) is 0 Å². The first-order valence-electron chi connectivity index (χ1n) is 6.27. The van der Waals surface area contributed by atoms with Crippen LogP contribution in [0.2, 0.25) is 0 Å². The normalized spacial score (nSPS) is 9.95. The van der Waals surface area contributed by atoms with Crippen LogP contribution in [0.1, 0.15) is 34.6 Å². The molecule has 0 atom stereocenters. The summed E-state index contributed by atoms with van der Waals surface area (Å²) >= 11 is 0. The zero-order valence-electron chi connectivity index (χ0n) is 12.4. The number of anilines is 1. The van der Waals surface area contributed by atoms with Crippen molar-refractivity contribution >= 4 is 23.7 Å². The molecule has 1 aromatic carbocycles. The molecular weight excluding hydrogens is 276 g/mol. The Labute approximate surface area is 122 Å². The molecule has 0 bridgehead atoms. The smallest absolute Gasteiger partial charge is 0.339 e. The molecule has 0 radical (unpaired) electrons. The fourth-order valence-electron chi connectivity index (χ4n) is 1.60. The van der Waals surface area contributed by atoms with Crippen LogP contribution >= 0.6 is 0 Å². The first kappa shape index (κ1) is 16.5. The summed E-state index contributed by atoms with van der Waals surface area (Å²) in [6, 6.07) is 3.61. The number of carbonyl (C=O) groups excluding carboxylic acids is 3. The number of benzene rings is 1. The van der Waals surface area contributed by atoms with Crippen LogP contribution in [0.4, 0.5) is 10.5 Å². The minimum atomic E-state index is -0.619. The van der Waals surface area contributed by atoms with Crippen molar-refractivity contribution in [3.63, 3.8) is 0 Å². The summed E-state index contributed by atoms with van der Waals surface area (Å²) < 4.78 is 9.24. The van der Waals surface area contributed by atoms with E-state index in [1.54, 1.807) is 13.8 Å². The number of carbonyl (C=O) groups is 3. The van der Waals surface area contributed by atoms with Crippen molar-refractivity contribution in [1.82, 2.24) is 5.32 Å². The van der Waals surface area contributed by atoms with E-state index < -0.39 is 18.0 Å². The van der Waals surface area contributed by atoms with Gasteiger partial charge in [-0.15, -0.1) is 0 Å². The Bertz CT molecular complexity index is 554. The number of nitrogens with one attached hydrogen (secondary N) is 2. The molecule has 1 aromatic rings. The number of amides is 2. The lowest BCUT2D eigenvalue weighted by atomic mass is 10.1. The van der Waals surface area contributed by atoms with Gasteiger partial charge in [0.1, 0.15) is 0 Å². The van der Waals surface area contributed by atoms with E-state index in [1.807, 2.05) is 0 Å². The van der Waals surface area contributed by atoms with Crippen molar-refractivity contribution in [2.24, 2.45) is 0 Å². The predicted octanol–water partition coefficient (Wildman–Crippen LogP) is 1.79. The molecule has 0 aliphatic heterocycles. The van der Waals surface area contributed by atoms with Gasteiger partial charge in [0.25, 0.3) is 0 Å². The molecule has 2 N–H and O–H groups in total. The number of rotatable bonds is 4. The van der Waals surface area contributed by atoms with Crippen molar-refractivity contribution in [2.75, 3.05) is 19.5 Å². The van der Waals surface area contributed by atoms with Gasteiger partial charge in [0.2, 0.25) is 0 Å². The van der Waals surface area contributed by atoms with E-state index in [0.717, 1.165) is 0 Å². The Morgan fingerprint density at radius 3 is 2.19 bits per heavy atom. The van der Waals surface area contributed by atoms with Crippen molar-refractivity contribution < 1.29 is 23.9 Å². The van der Waals surface area contributed by atoms with Gasteiger partial charge in [0.15, 0.2) is 0 Å². The Morgan fingerprint density at radius 2 is 1.67 bits per heavy atom. The monoisotopic (exact) mass is 294 g/mol. The topological polar surface area (TPSA) is 93.7 Å². The highest BCUT2D eigenvalue weighted by atomic mass is 16.5. The lowest BCUT2D eigenvalue weighted by molar-refractivity contribution is 0.0587. The van der Waals surface area contributed by atoms with Gasteiger partial charge in [-0.2, -0.15) is 0 Å². The van der Waals surface area contributed by atoms with Crippen LogP contribution in [0.25, 0.3) is 0 Å². The Morgan fingerprint density at radius 1 is 1.05 bits per heavy atom. The molecule has 0 unspecified atom stereocenters. The SMILES string of the molecule is COC(=O)c1ccc(C(=O)OC)c(NC(=O)NC(C)C)c1. The Balaban J connectivity index is 3.13. The fraction of sp³-hybridized carbons (Fsp3) is 0.357. The molecule has 0 spiro atoms. The van der Waals surface area contributed by atoms with Gasteiger partial charge >= 0.3 is 18.0 Å². The third-order valence-electron chi connectivity index (χ3n) is 2.51. The molecule has 21 heavy (non-hydrogen) atoms. The summed E-state index contributed by atoms with van der Waals surface area (Å²) in [6.45, 7) is 3.59. The van der Waals surface area contributed by atoms with Crippen molar-refractivity contribution in [3.05, 3.63) is 29.3 Å². The van der Waals surface area contributed by atoms with Crippen molar-refractivity contribution in [3.8, 4) is 0 Å². The maximum absolute atomic E-state index is 11.7. The van der Waals surface area contributed by atoms with Gasteiger partial charge in [-0.3, -0.25) is 0 Å². The van der Waals surface area contributed by atoms with Gasteiger partial charge in [-0.25, -0.2) is 14.4 Å². The summed E-state index contributed by atoms with van der Waals surface area (Å²) in [6.07, 6.45) is 0. The third-order valence-corrected chi connectivity index (χ3v) is 2.51. The predicted molar refractivity (Wildman–Crippen MR) is 76.4 cm³/mol. The van der Waals surface area contributed by atoms with Crippen LogP contribution < -0.4 is 10.6 Å². The van der Waals surface area contributed by atoms with E-state index in [2.05, 4.69) is 20.1 Å². The van der Waals surface area contributed by atoms with Crippen molar-refractivity contribution in [1.29, 1.82) is 0 Å². The Hall–Kier alpha value is -2.57. The van der Waals surface area contributed by atoms with E-state index in [4.69, 9.17) is 0 Å². The van der Waals surface area contributed by atoms with Gasteiger partial charge in [0.05, 0.1) is 31.0 Å². The van der Waals surface area contributed by atoms with Crippen molar-refractivity contribution in [2.45, 2.75) is 19.9 Å². The summed E-state index contributed by atoms with van der Waals surface area (Å²) in [5, 5.41) is 5.14. The second-order valence-electron chi connectivity index (χ2n) is 4.50. The summed E-state index contributed by atoms with van der Waals surface area (Å²) in [5.41, 5.74) is 0.525. The van der Waals surface area contributed by atoms with E-state index in [1.165, 1.54) is 32.4 Å². The average Bonchev–Trinajstić information content (AvgIpc) is 2.44. The average molecular weight is 294 g/mol. The van der Waals surface area contributed by atoms with Crippen LogP contribution in [0.3, 0.4) is 0 Å². The second kappa shape index (κ2) is 7.28. The summed E-state index contributed by atoms with van der Waals surface area (Å²) in [4.78, 5) is 34.9. The first-order chi connectivity index (χ1) is 9.88. The quantitative estimate of drug-likeness (QED) is 0.826. The molecule has 2 amide bonds. The standard InChI is InChI=1S/C14H18N2O5/c1-8(2)15-14(19)16-11-7-9(12(17)20-3)5-6-10(11)13(18)21-4/h5-8H,1-4H3,(H2,15,16,19). The van der Waals surface area contributed by atoms with E-state index >= 15 is 0 Å². The summed E-state index contributed by atoms with van der Waals surface area (Å²) in [7, 11) is 2.48. The van der Waals surface area contributed by atoms with Crippen LogP contribution in [0, 0.1) is 0 Å². The van der Waals surface area contributed by atoms with Crippen LogP contribution in [0.15, 0.2) is 18.2 Å². The lowest BCUT2D eigenvalue weighted by Crippen LogP contribution is -2.34. The minimum absolute atomic E-state index is 0.0737. The van der Waals surface area contributed by atoms with Gasteiger partial charge in [-0.05, 0) is 32.0 Å². The molecule has 0 aliphatic rings. The molecule has 0 saturated heterocycles. The number of urea groups is 1. The zero-order valence-corrected chi connectivity index (χ0v) is 12.4. The molecule has 7 nitrogen and oxygen atoms in total. The first-order valence-corrected chi connectivity index (χ1v) is 6.27.